The van der Waals surface area contributed by atoms with Gasteiger partial charge in [0.05, 0.1) is 0 Å². The SMILES string of the molecule is NC(C=O)N1CCC(Oc2cc(F)ccc2F)CC1. The Morgan fingerprint density at radius 1 is 1.37 bits per heavy atom. The van der Waals surface area contributed by atoms with E-state index in [-0.39, 0.29) is 11.9 Å². The van der Waals surface area contributed by atoms with Crippen molar-refractivity contribution in [2.45, 2.75) is 25.1 Å². The molecule has 1 unspecified atom stereocenters. The molecule has 0 aliphatic carbocycles. The normalized spacial score (nSPS) is 19.1. The second kappa shape index (κ2) is 6.08. The van der Waals surface area contributed by atoms with Crippen LogP contribution in [0.15, 0.2) is 18.2 Å². The van der Waals surface area contributed by atoms with E-state index in [2.05, 4.69) is 0 Å². The second-order valence-electron chi connectivity index (χ2n) is 4.55. The molecule has 1 atom stereocenters. The largest absolute Gasteiger partial charge is 0.487 e. The first-order valence-corrected chi connectivity index (χ1v) is 6.17. The molecule has 6 heteroatoms. The number of piperidine rings is 1. The third-order valence-corrected chi connectivity index (χ3v) is 3.22. The van der Waals surface area contributed by atoms with Crippen molar-refractivity contribution >= 4 is 6.29 Å². The fourth-order valence-electron chi connectivity index (χ4n) is 2.12. The number of benzene rings is 1. The average Bonchev–Trinajstić information content (AvgIpc) is 2.43. The van der Waals surface area contributed by atoms with Crippen LogP contribution in [0.4, 0.5) is 8.78 Å². The van der Waals surface area contributed by atoms with Crippen LogP contribution in [0.2, 0.25) is 0 Å². The molecule has 104 valence electrons. The standard InChI is InChI=1S/C13H16F2N2O2/c14-9-1-2-11(15)12(7-9)19-10-3-5-17(6-4-10)13(16)8-18/h1-2,7-8,10,13H,3-6,16H2. The second-order valence-corrected chi connectivity index (χ2v) is 4.55. The molecule has 2 rings (SSSR count). The predicted molar refractivity (Wildman–Crippen MR) is 65.6 cm³/mol. The van der Waals surface area contributed by atoms with Crippen molar-refractivity contribution in [3.8, 4) is 5.75 Å². The van der Waals surface area contributed by atoms with Gasteiger partial charge in [0.1, 0.15) is 18.1 Å². The number of hydrogen-bond donors (Lipinski definition) is 1. The zero-order valence-corrected chi connectivity index (χ0v) is 10.4. The van der Waals surface area contributed by atoms with E-state index >= 15 is 0 Å². The van der Waals surface area contributed by atoms with E-state index in [4.69, 9.17) is 10.5 Å². The molecule has 1 aliphatic rings. The van der Waals surface area contributed by atoms with E-state index in [1.54, 1.807) is 0 Å². The maximum atomic E-state index is 13.4. The first kappa shape index (κ1) is 13.9. The number of likely N-dealkylation sites (tertiary alicyclic amines) is 1. The topological polar surface area (TPSA) is 55.6 Å². The summed E-state index contributed by atoms with van der Waals surface area (Å²) in [6.07, 6.45) is 1.14. The fraction of sp³-hybridized carbons (Fsp3) is 0.462. The Bertz CT molecular complexity index is 448. The summed E-state index contributed by atoms with van der Waals surface area (Å²) in [7, 11) is 0. The molecule has 0 spiro atoms. The molecule has 0 bridgehead atoms. The van der Waals surface area contributed by atoms with E-state index in [1.807, 2.05) is 4.90 Å². The molecule has 1 aromatic rings. The molecule has 1 aliphatic heterocycles. The average molecular weight is 270 g/mol. The Balaban J connectivity index is 1.92. The van der Waals surface area contributed by atoms with Gasteiger partial charge in [-0.05, 0) is 25.0 Å². The number of halogens is 2. The van der Waals surface area contributed by atoms with Gasteiger partial charge in [0.2, 0.25) is 0 Å². The van der Waals surface area contributed by atoms with Crippen LogP contribution in [0.3, 0.4) is 0 Å². The number of nitrogens with two attached hydrogens (primary N) is 1. The summed E-state index contributed by atoms with van der Waals surface area (Å²) >= 11 is 0. The lowest BCUT2D eigenvalue weighted by Crippen LogP contribution is -2.49. The summed E-state index contributed by atoms with van der Waals surface area (Å²) in [6.45, 7) is 1.20. The van der Waals surface area contributed by atoms with Gasteiger partial charge in [-0.25, -0.2) is 8.78 Å². The van der Waals surface area contributed by atoms with Crippen LogP contribution in [0.25, 0.3) is 0 Å². The zero-order chi connectivity index (χ0) is 13.8. The molecule has 19 heavy (non-hydrogen) atoms. The molecule has 0 aromatic heterocycles. The van der Waals surface area contributed by atoms with Gasteiger partial charge in [-0.1, -0.05) is 0 Å². The molecule has 0 radical (unpaired) electrons. The lowest BCUT2D eigenvalue weighted by molar-refractivity contribution is -0.113. The van der Waals surface area contributed by atoms with E-state index in [1.165, 1.54) is 0 Å². The Labute approximate surface area is 110 Å². The fourth-order valence-corrected chi connectivity index (χ4v) is 2.12. The molecule has 0 amide bonds. The summed E-state index contributed by atoms with van der Waals surface area (Å²) in [5, 5.41) is 0. The first-order chi connectivity index (χ1) is 9.10. The monoisotopic (exact) mass is 270 g/mol. The summed E-state index contributed by atoms with van der Waals surface area (Å²) in [5.41, 5.74) is 5.60. The molecule has 0 saturated carbocycles. The highest BCUT2D eigenvalue weighted by molar-refractivity contribution is 5.56. The van der Waals surface area contributed by atoms with Crippen molar-refractivity contribution in [3.05, 3.63) is 29.8 Å². The number of ether oxygens (including phenoxy) is 1. The molecule has 4 nitrogen and oxygen atoms in total. The van der Waals surface area contributed by atoms with E-state index in [0.717, 1.165) is 18.2 Å². The van der Waals surface area contributed by atoms with Crippen LogP contribution >= 0.6 is 0 Å². The summed E-state index contributed by atoms with van der Waals surface area (Å²) in [5.74, 6) is -1.18. The van der Waals surface area contributed by atoms with E-state index in [0.29, 0.717) is 32.2 Å². The van der Waals surface area contributed by atoms with Gasteiger partial charge < -0.3 is 15.3 Å². The molecule has 2 N–H and O–H groups in total. The molecule has 1 saturated heterocycles. The molecule has 1 aromatic carbocycles. The third-order valence-electron chi connectivity index (χ3n) is 3.22. The van der Waals surface area contributed by atoms with E-state index < -0.39 is 17.8 Å². The highest BCUT2D eigenvalue weighted by Crippen LogP contribution is 2.23. The van der Waals surface area contributed by atoms with E-state index in [9.17, 15) is 13.6 Å². The van der Waals surface area contributed by atoms with Crippen LogP contribution < -0.4 is 10.5 Å². The highest BCUT2D eigenvalue weighted by Gasteiger charge is 2.24. The van der Waals surface area contributed by atoms with Gasteiger partial charge in [-0.15, -0.1) is 0 Å². The summed E-state index contributed by atoms with van der Waals surface area (Å²) in [4.78, 5) is 12.4. The minimum atomic E-state index is -0.605. The van der Waals surface area contributed by atoms with Crippen molar-refractivity contribution in [1.82, 2.24) is 4.90 Å². The van der Waals surface area contributed by atoms with Crippen molar-refractivity contribution in [3.63, 3.8) is 0 Å². The van der Waals surface area contributed by atoms with Gasteiger partial charge in [-0.2, -0.15) is 0 Å². The molecular weight excluding hydrogens is 254 g/mol. The van der Waals surface area contributed by atoms with Crippen molar-refractivity contribution in [2.24, 2.45) is 5.73 Å². The lowest BCUT2D eigenvalue weighted by atomic mass is 10.1. The van der Waals surface area contributed by atoms with Gasteiger partial charge in [0.25, 0.3) is 0 Å². The minimum absolute atomic E-state index is 0.0712. The van der Waals surface area contributed by atoms with Gasteiger partial charge >= 0.3 is 0 Å². The van der Waals surface area contributed by atoms with Crippen molar-refractivity contribution in [1.29, 1.82) is 0 Å². The predicted octanol–water partition coefficient (Wildman–Crippen LogP) is 1.29. The molecular formula is C13H16F2N2O2. The van der Waals surface area contributed by atoms with Crippen molar-refractivity contribution in [2.75, 3.05) is 13.1 Å². The van der Waals surface area contributed by atoms with Crippen LogP contribution in [0.1, 0.15) is 12.8 Å². The Morgan fingerprint density at radius 3 is 2.68 bits per heavy atom. The quantitative estimate of drug-likeness (QED) is 0.838. The molecule has 1 fully saturated rings. The smallest absolute Gasteiger partial charge is 0.165 e. The number of hydrogen-bond acceptors (Lipinski definition) is 4. The number of aldehydes is 1. The van der Waals surface area contributed by atoms with Gasteiger partial charge in [-0.3, -0.25) is 4.90 Å². The minimum Gasteiger partial charge on any atom is -0.487 e. The Hall–Kier alpha value is -1.53. The number of carbonyl (C=O) groups excluding carboxylic acids is 1. The first-order valence-electron chi connectivity index (χ1n) is 6.17. The zero-order valence-electron chi connectivity index (χ0n) is 10.4. The Kier molecular flexibility index (Phi) is 4.44. The van der Waals surface area contributed by atoms with Crippen LogP contribution in [-0.2, 0) is 4.79 Å². The van der Waals surface area contributed by atoms with Crippen LogP contribution in [-0.4, -0.2) is 36.5 Å². The van der Waals surface area contributed by atoms with Crippen molar-refractivity contribution < 1.29 is 18.3 Å². The lowest BCUT2D eigenvalue weighted by Gasteiger charge is -2.33. The highest BCUT2D eigenvalue weighted by atomic mass is 19.1. The number of nitrogens with zero attached hydrogens (tertiary/aromatic N) is 1. The van der Waals surface area contributed by atoms with Gasteiger partial charge in [0.15, 0.2) is 17.9 Å². The number of carbonyl (C=O) groups is 1. The third kappa shape index (κ3) is 3.48. The Morgan fingerprint density at radius 2 is 2.05 bits per heavy atom. The number of rotatable bonds is 4. The summed E-state index contributed by atoms with van der Waals surface area (Å²) in [6, 6.07) is 3.13. The van der Waals surface area contributed by atoms with Crippen LogP contribution in [0.5, 0.6) is 5.75 Å². The maximum Gasteiger partial charge on any atom is 0.165 e. The van der Waals surface area contributed by atoms with Gasteiger partial charge in [0, 0.05) is 19.2 Å². The molecule has 1 heterocycles. The summed E-state index contributed by atoms with van der Waals surface area (Å²) < 4.78 is 31.9. The maximum absolute atomic E-state index is 13.4. The van der Waals surface area contributed by atoms with Crippen LogP contribution in [0, 0.1) is 11.6 Å².